The second kappa shape index (κ2) is 7.70. The first-order valence-corrected chi connectivity index (χ1v) is 10.1. The summed E-state index contributed by atoms with van der Waals surface area (Å²) in [5.41, 5.74) is 2.80. The molecule has 1 unspecified atom stereocenters. The smallest absolute Gasteiger partial charge is 0.272 e. The number of rotatable bonds is 2. The molecule has 0 aromatic heterocycles. The monoisotopic (exact) mass is 432 g/mol. The molecule has 28 heavy (non-hydrogen) atoms. The van der Waals surface area contributed by atoms with E-state index in [-0.39, 0.29) is 5.91 Å². The van der Waals surface area contributed by atoms with Crippen molar-refractivity contribution in [1.82, 2.24) is 10.2 Å². The molecule has 2 aromatic rings. The molecule has 0 spiro atoms. The van der Waals surface area contributed by atoms with Crippen LogP contribution in [0.2, 0.25) is 10.0 Å². The zero-order chi connectivity index (χ0) is 19.8. The van der Waals surface area contributed by atoms with Crippen LogP contribution in [0.25, 0.3) is 0 Å². The normalized spacial score (nSPS) is 18.8. The minimum atomic E-state index is -0.851. The number of nitrogens with zero attached hydrogens (tertiary/aromatic N) is 3. The summed E-state index contributed by atoms with van der Waals surface area (Å²) in [5.74, 6) is -0.200. The second-order valence-corrected chi connectivity index (χ2v) is 7.94. The number of benzodiazepines with no additional fused rings is 1. The molecule has 2 aliphatic rings. The van der Waals surface area contributed by atoms with Crippen molar-refractivity contribution in [1.29, 1.82) is 0 Å². The number of anilines is 1. The predicted octanol–water partition coefficient (Wildman–Crippen LogP) is 3.71. The van der Waals surface area contributed by atoms with E-state index < -0.39 is 6.17 Å². The van der Waals surface area contributed by atoms with Gasteiger partial charge in [-0.25, -0.2) is 4.99 Å². The maximum atomic E-state index is 13.1. The Kier molecular flexibility index (Phi) is 5.27. The van der Waals surface area contributed by atoms with Crippen molar-refractivity contribution >= 4 is 57.8 Å². The lowest BCUT2D eigenvalue weighted by Crippen LogP contribution is -2.53. The molecule has 0 aliphatic carbocycles. The lowest BCUT2D eigenvalue weighted by Gasteiger charge is -2.34. The third-order valence-corrected chi connectivity index (χ3v) is 5.87. The fraction of sp³-hybridized carbons (Fsp3) is 0.250. The van der Waals surface area contributed by atoms with Crippen LogP contribution in [0.15, 0.2) is 47.5 Å². The number of amides is 1. The van der Waals surface area contributed by atoms with Gasteiger partial charge in [0.05, 0.1) is 11.4 Å². The molecule has 2 aliphatic heterocycles. The van der Waals surface area contributed by atoms with Crippen LogP contribution in [0, 0.1) is 0 Å². The minimum absolute atomic E-state index is 0.200. The third kappa shape index (κ3) is 3.48. The molecule has 1 fully saturated rings. The van der Waals surface area contributed by atoms with Gasteiger partial charge in [-0.3, -0.25) is 4.79 Å². The van der Waals surface area contributed by atoms with E-state index in [9.17, 15) is 4.79 Å². The fourth-order valence-electron chi connectivity index (χ4n) is 3.24. The van der Waals surface area contributed by atoms with Crippen molar-refractivity contribution in [2.24, 2.45) is 4.99 Å². The quantitative estimate of drug-likeness (QED) is 0.734. The summed E-state index contributed by atoms with van der Waals surface area (Å²) in [6.45, 7) is 1.78. The number of benzene rings is 2. The van der Waals surface area contributed by atoms with Crippen LogP contribution >= 0.6 is 35.4 Å². The molecule has 0 bridgehead atoms. The van der Waals surface area contributed by atoms with Crippen LogP contribution in [0.5, 0.6) is 0 Å². The molecule has 5 nitrogen and oxygen atoms in total. The van der Waals surface area contributed by atoms with E-state index in [4.69, 9.17) is 40.4 Å². The van der Waals surface area contributed by atoms with Crippen LogP contribution in [0.3, 0.4) is 0 Å². The van der Waals surface area contributed by atoms with E-state index in [1.165, 1.54) is 0 Å². The largest absolute Gasteiger partial charge is 0.349 e. The average molecular weight is 433 g/mol. The van der Waals surface area contributed by atoms with E-state index >= 15 is 0 Å². The van der Waals surface area contributed by atoms with Gasteiger partial charge in [0, 0.05) is 41.3 Å². The van der Waals surface area contributed by atoms with Crippen molar-refractivity contribution in [3.63, 3.8) is 0 Å². The Morgan fingerprint density at radius 1 is 1.18 bits per heavy atom. The number of carbonyl (C=O) groups excluding carboxylic acids is 1. The topological polar surface area (TPSA) is 47.9 Å². The summed E-state index contributed by atoms with van der Waals surface area (Å²) in [5, 5.41) is 4.75. The standard InChI is InChI=1S/C20H18Cl2N4OS/c1-25-16-8-7-12(21)11-14(16)17(13-5-2-3-6-15(13)22)23-18(19(25)27)24-20(28)26-9-4-10-26/h2-3,5-8,11,18H,4,9-10H2,1H3,(H,24,28). The Morgan fingerprint density at radius 3 is 2.61 bits per heavy atom. The van der Waals surface area contributed by atoms with Gasteiger partial charge in [-0.1, -0.05) is 41.4 Å². The van der Waals surface area contributed by atoms with Crippen LogP contribution in [0.1, 0.15) is 17.5 Å². The number of likely N-dealkylation sites (N-methyl/N-ethyl adjacent to an activating group) is 1. The van der Waals surface area contributed by atoms with Gasteiger partial charge in [-0.05, 0) is 42.9 Å². The highest BCUT2D eigenvalue weighted by Crippen LogP contribution is 2.31. The lowest BCUT2D eigenvalue weighted by molar-refractivity contribution is -0.119. The number of hydrogen-bond acceptors (Lipinski definition) is 3. The number of thiocarbonyl (C=S) groups is 1. The van der Waals surface area contributed by atoms with Crippen LogP contribution < -0.4 is 10.2 Å². The zero-order valence-corrected chi connectivity index (χ0v) is 17.5. The Labute approximate surface area is 178 Å². The highest BCUT2D eigenvalue weighted by atomic mass is 35.5. The highest BCUT2D eigenvalue weighted by Gasteiger charge is 2.32. The van der Waals surface area contributed by atoms with Crippen LogP contribution in [-0.4, -0.2) is 47.9 Å². The molecule has 1 N–H and O–H groups in total. The molecule has 0 radical (unpaired) electrons. The molecule has 1 saturated heterocycles. The Balaban J connectivity index is 1.84. The average Bonchev–Trinajstić information content (AvgIpc) is 2.71. The molecule has 2 aromatic carbocycles. The summed E-state index contributed by atoms with van der Waals surface area (Å²) >= 11 is 18.2. The maximum absolute atomic E-state index is 13.1. The number of likely N-dealkylation sites (tertiary alicyclic amines) is 1. The minimum Gasteiger partial charge on any atom is -0.349 e. The number of fused-ring (bicyclic) bond motifs is 1. The number of nitrogens with one attached hydrogen (secondary N) is 1. The van der Waals surface area contributed by atoms with Crippen LogP contribution in [-0.2, 0) is 4.79 Å². The Bertz CT molecular complexity index is 990. The first-order valence-electron chi connectivity index (χ1n) is 8.91. The van der Waals surface area contributed by atoms with Crippen molar-refractivity contribution < 1.29 is 4.79 Å². The summed E-state index contributed by atoms with van der Waals surface area (Å²) in [6.07, 6.45) is 0.244. The van der Waals surface area contributed by atoms with Gasteiger partial charge >= 0.3 is 0 Å². The van der Waals surface area contributed by atoms with Crippen molar-refractivity contribution in [2.75, 3.05) is 25.0 Å². The first kappa shape index (κ1) is 19.2. The van der Waals surface area contributed by atoms with Crippen molar-refractivity contribution in [3.8, 4) is 0 Å². The molecule has 1 amide bonds. The van der Waals surface area contributed by atoms with Gasteiger partial charge in [0.1, 0.15) is 0 Å². The predicted molar refractivity (Wildman–Crippen MR) is 118 cm³/mol. The lowest BCUT2D eigenvalue weighted by atomic mass is 10.00. The number of hydrogen-bond donors (Lipinski definition) is 1. The highest BCUT2D eigenvalue weighted by molar-refractivity contribution is 7.80. The molecular formula is C20H18Cl2N4OS. The van der Waals surface area contributed by atoms with Gasteiger partial charge in [0.15, 0.2) is 5.11 Å². The molecule has 2 heterocycles. The van der Waals surface area contributed by atoms with E-state index in [0.29, 0.717) is 26.6 Å². The second-order valence-electron chi connectivity index (χ2n) is 6.71. The van der Waals surface area contributed by atoms with Gasteiger partial charge < -0.3 is 15.1 Å². The van der Waals surface area contributed by atoms with E-state index in [1.807, 2.05) is 29.2 Å². The first-order chi connectivity index (χ1) is 13.5. The molecular weight excluding hydrogens is 415 g/mol. The molecule has 4 rings (SSSR count). The Morgan fingerprint density at radius 2 is 1.93 bits per heavy atom. The third-order valence-electron chi connectivity index (χ3n) is 4.93. The maximum Gasteiger partial charge on any atom is 0.272 e. The molecule has 144 valence electrons. The van der Waals surface area contributed by atoms with E-state index in [2.05, 4.69) is 5.32 Å². The summed E-state index contributed by atoms with van der Waals surface area (Å²) < 4.78 is 0. The van der Waals surface area contributed by atoms with Crippen molar-refractivity contribution in [2.45, 2.75) is 12.6 Å². The van der Waals surface area contributed by atoms with Gasteiger partial charge in [-0.2, -0.15) is 0 Å². The van der Waals surface area contributed by atoms with Gasteiger partial charge in [0.2, 0.25) is 6.17 Å². The number of aliphatic imine (C=N–C) groups is 1. The van der Waals surface area contributed by atoms with Crippen molar-refractivity contribution in [3.05, 3.63) is 63.6 Å². The SMILES string of the molecule is CN1C(=O)C(NC(=S)N2CCC2)N=C(c2ccccc2Cl)c2cc(Cl)ccc21. The summed E-state index contributed by atoms with van der Waals surface area (Å²) in [6, 6.07) is 12.8. The summed E-state index contributed by atoms with van der Waals surface area (Å²) in [4.78, 5) is 21.5. The number of carbonyl (C=O) groups is 1. The zero-order valence-electron chi connectivity index (χ0n) is 15.2. The number of halogens is 2. The van der Waals surface area contributed by atoms with Crippen LogP contribution in [0.4, 0.5) is 5.69 Å². The molecule has 8 heteroatoms. The van der Waals surface area contributed by atoms with Gasteiger partial charge in [0.25, 0.3) is 5.91 Å². The fourth-order valence-corrected chi connectivity index (χ4v) is 3.93. The van der Waals surface area contributed by atoms with E-state index in [0.717, 1.165) is 30.6 Å². The molecule has 0 saturated carbocycles. The summed E-state index contributed by atoms with van der Waals surface area (Å²) in [7, 11) is 1.72. The van der Waals surface area contributed by atoms with E-state index in [1.54, 1.807) is 30.1 Å². The Hall–Kier alpha value is -2.15. The van der Waals surface area contributed by atoms with Gasteiger partial charge in [-0.15, -0.1) is 0 Å². The molecule has 1 atom stereocenters.